The highest BCUT2D eigenvalue weighted by atomic mass is 16.6. The van der Waals surface area contributed by atoms with E-state index in [9.17, 15) is 4.79 Å². The number of rotatable bonds is 53. The van der Waals surface area contributed by atoms with Crippen molar-refractivity contribution in [2.75, 3.05) is 26.4 Å². The molecule has 0 rings (SSSR count). The maximum absolute atomic E-state index is 12.8. The Labute approximate surface area is 372 Å². The van der Waals surface area contributed by atoms with Gasteiger partial charge in [0.05, 0.1) is 13.2 Å². The second kappa shape index (κ2) is 53.5. The van der Waals surface area contributed by atoms with Crippen LogP contribution in [0.3, 0.4) is 0 Å². The van der Waals surface area contributed by atoms with Crippen molar-refractivity contribution in [3.63, 3.8) is 0 Å². The summed E-state index contributed by atoms with van der Waals surface area (Å²) in [5.41, 5.74) is 0. The van der Waals surface area contributed by atoms with Crippen molar-refractivity contribution in [1.82, 2.24) is 0 Å². The molecule has 0 fully saturated rings. The van der Waals surface area contributed by atoms with Crippen LogP contribution in [0.5, 0.6) is 0 Å². The standard InChI is InChI=1S/C55H110O4/c1-4-7-10-13-16-19-22-25-28-31-34-37-40-43-46-49-55(56)59-54(52-57-50-47-44-41-38-35-32-29-26-23-20-17-14-11-8-5-2)53-58-51-48-45-42-39-36-33-30-27-24-21-18-15-12-9-6-3/h54H,4-53H2,1-3H3. The average Bonchev–Trinajstić information content (AvgIpc) is 3.24. The molecular formula is C55H110O4. The molecule has 0 spiro atoms. The first kappa shape index (κ1) is 58.4. The Balaban J connectivity index is 4.07. The van der Waals surface area contributed by atoms with E-state index >= 15 is 0 Å². The van der Waals surface area contributed by atoms with Crippen LogP contribution >= 0.6 is 0 Å². The largest absolute Gasteiger partial charge is 0.457 e. The molecule has 0 aromatic heterocycles. The van der Waals surface area contributed by atoms with Gasteiger partial charge in [0.25, 0.3) is 0 Å². The predicted molar refractivity (Wildman–Crippen MR) is 261 cm³/mol. The van der Waals surface area contributed by atoms with Gasteiger partial charge in [0.2, 0.25) is 0 Å². The highest BCUT2D eigenvalue weighted by Gasteiger charge is 2.15. The van der Waals surface area contributed by atoms with Crippen molar-refractivity contribution in [2.45, 2.75) is 322 Å². The first-order chi connectivity index (χ1) is 29.2. The summed E-state index contributed by atoms with van der Waals surface area (Å²) in [6.07, 6.45) is 61.4. The zero-order valence-electron chi connectivity index (χ0n) is 41.1. The molecule has 4 heteroatoms. The molecule has 0 aromatic rings. The van der Waals surface area contributed by atoms with Gasteiger partial charge >= 0.3 is 5.97 Å². The van der Waals surface area contributed by atoms with E-state index in [4.69, 9.17) is 14.2 Å². The highest BCUT2D eigenvalue weighted by Crippen LogP contribution is 2.17. The minimum absolute atomic E-state index is 0.0733. The van der Waals surface area contributed by atoms with E-state index in [1.165, 1.54) is 263 Å². The molecular weight excluding hydrogens is 725 g/mol. The lowest BCUT2D eigenvalue weighted by molar-refractivity contribution is -0.156. The number of carbonyl (C=O) groups excluding carboxylic acids is 1. The molecule has 59 heavy (non-hydrogen) atoms. The van der Waals surface area contributed by atoms with Gasteiger partial charge in [-0.3, -0.25) is 4.79 Å². The quantitative estimate of drug-likeness (QED) is 0.0452. The number of unbranched alkanes of at least 4 members (excludes halogenated alkanes) is 42. The Morgan fingerprint density at radius 3 is 0.729 bits per heavy atom. The lowest BCUT2D eigenvalue weighted by atomic mass is 10.0. The van der Waals surface area contributed by atoms with Gasteiger partial charge in [0, 0.05) is 19.6 Å². The van der Waals surface area contributed by atoms with E-state index in [0.717, 1.165) is 38.9 Å². The van der Waals surface area contributed by atoms with Crippen molar-refractivity contribution in [3.8, 4) is 0 Å². The maximum Gasteiger partial charge on any atom is 0.306 e. The van der Waals surface area contributed by atoms with E-state index in [1.54, 1.807) is 0 Å². The van der Waals surface area contributed by atoms with E-state index in [-0.39, 0.29) is 12.1 Å². The zero-order valence-corrected chi connectivity index (χ0v) is 41.1. The van der Waals surface area contributed by atoms with Gasteiger partial charge in [0.1, 0.15) is 6.10 Å². The van der Waals surface area contributed by atoms with Crippen molar-refractivity contribution in [1.29, 1.82) is 0 Å². The minimum Gasteiger partial charge on any atom is -0.457 e. The molecule has 0 saturated carbocycles. The van der Waals surface area contributed by atoms with E-state index < -0.39 is 0 Å². The smallest absolute Gasteiger partial charge is 0.306 e. The molecule has 0 saturated heterocycles. The van der Waals surface area contributed by atoms with Gasteiger partial charge < -0.3 is 14.2 Å². The van der Waals surface area contributed by atoms with Gasteiger partial charge in [0.15, 0.2) is 0 Å². The average molecular weight is 835 g/mol. The Morgan fingerprint density at radius 1 is 0.288 bits per heavy atom. The first-order valence-electron chi connectivity index (χ1n) is 27.6. The summed E-state index contributed by atoms with van der Waals surface area (Å²) in [7, 11) is 0. The summed E-state index contributed by atoms with van der Waals surface area (Å²) < 4.78 is 18.1. The van der Waals surface area contributed by atoms with Gasteiger partial charge in [-0.15, -0.1) is 0 Å². The van der Waals surface area contributed by atoms with Crippen molar-refractivity contribution in [2.24, 2.45) is 0 Å². The van der Waals surface area contributed by atoms with Crippen LogP contribution < -0.4 is 0 Å². The van der Waals surface area contributed by atoms with Crippen molar-refractivity contribution in [3.05, 3.63) is 0 Å². The molecule has 354 valence electrons. The van der Waals surface area contributed by atoms with Crippen LogP contribution in [0.4, 0.5) is 0 Å². The summed E-state index contributed by atoms with van der Waals surface area (Å²) in [5.74, 6) is -0.0733. The Kier molecular flexibility index (Phi) is 53.0. The van der Waals surface area contributed by atoms with E-state index in [2.05, 4.69) is 20.8 Å². The summed E-state index contributed by atoms with van der Waals surface area (Å²) in [4.78, 5) is 12.8. The molecule has 0 atom stereocenters. The fourth-order valence-corrected chi connectivity index (χ4v) is 8.58. The molecule has 0 aromatic carbocycles. The third-order valence-corrected chi connectivity index (χ3v) is 12.7. The number of ether oxygens (including phenoxy) is 3. The third-order valence-electron chi connectivity index (χ3n) is 12.7. The third kappa shape index (κ3) is 51.6. The number of carbonyl (C=O) groups is 1. The Bertz CT molecular complexity index is 717. The lowest BCUT2D eigenvalue weighted by Gasteiger charge is -2.18. The van der Waals surface area contributed by atoms with Gasteiger partial charge in [-0.25, -0.2) is 0 Å². The second-order valence-electron chi connectivity index (χ2n) is 18.9. The second-order valence-corrected chi connectivity index (χ2v) is 18.9. The number of hydrogen-bond acceptors (Lipinski definition) is 4. The van der Waals surface area contributed by atoms with Gasteiger partial charge in [-0.1, -0.05) is 290 Å². The zero-order chi connectivity index (χ0) is 42.6. The number of hydrogen-bond donors (Lipinski definition) is 0. The molecule has 4 nitrogen and oxygen atoms in total. The fraction of sp³-hybridized carbons (Fsp3) is 0.982. The van der Waals surface area contributed by atoms with Crippen LogP contribution in [0.25, 0.3) is 0 Å². The molecule has 0 heterocycles. The lowest BCUT2D eigenvalue weighted by Crippen LogP contribution is -2.29. The van der Waals surface area contributed by atoms with Crippen molar-refractivity contribution >= 4 is 5.97 Å². The predicted octanol–water partition coefficient (Wildman–Crippen LogP) is 18.9. The molecule has 0 bridgehead atoms. The summed E-state index contributed by atoms with van der Waals surface area (Å²) in [6, 6.07) is 0. The maximum atomic E-state index is 12.8. The van der Waals surface area contributed by atoms with Crippen molar-refractivity contribution < 1.29 is 19.0 Å². The molecule has 0 radical (unpaired) electrons. The van der Waals surface area contributed by atoms with Gasteiger partial charge in [-0.05, 0) is 19.3 Å². The highest BCUT2D eigenvalue weighted by molar-refractivity contribution is 5.69. The van der Waals surface area contributed by atoms with Crippen LogP contribution in [0.1, 0.15) is 316 Å². The minimum atomic E-state index is -0.286. The van der Waals surface area contributed by atoms with E-state index in [0.29, 0.717) is 19.6 Å². The molecule has 0 aliphatic carbocycles. The fourth-order valence-electron chi connectivity index (χ4n) is 8.58. The molecule has 0 amide bonds. The summed E-state index contributed by atoms with van der Waals surface area (Å²) >= 11 is 0. The first-order valence-corrected chi connectivity index (χ1v) is 27.6. The molecule has 0 aliphatic heterocycles. The Hall–Kier alpha value is -0.610. The van der Waals surface area contributed by atoms with Crippen LogP contribution in [-0.2, 0) is 19.0 Å². The monoisotopic (exact) mass is 835 g/mol. The van der Waals surface area contributed by atoms with Crippen LogP contribution in [0, 0.1) is 0 Å². The molecule has 0 unspecified atom stereocenters. The van der Waals surface area contributed by atoms with Crippen LogP contribution in [-0.4, -0.2) is 38.5 Å². The van der Waals surface area contributed by atoms with Crippen LogP contribution in [0.2, 0.25) is 0 Å². The van der Waals surface area contributed by atoms with Gasteiger partial charge in [-0.2, -0.15) is 0 Å². The number of esters is 1. The molecule has 0 N–H and O–H groups in total. The van der Waals surface area contributed by atoms with Crippen LogP contribution in [0.15, 0.2) is 0 Å². The topological polar surface area (TPSA) is 44.8 Å². The molecule has 0 aliphatic rings. The Morgan fingerprint density at radius 2 is 0.492 bits per heavy atom. The summed E-state index contributed by atoms with van der Waals surface area (Å²) in [6.45, 7) is 9.32. The SMILES string of the molecule is CCCCCCCCCCCCCCCCCOCC(COCCCCCCCCCCCCCCCCC)OC(=O)CCCCCCCCCCCCCCCCC. The van der Waals surface area contributed by atoms with E-state index in [1.807, 2.05) is 0 Å². The normalized spacial score (nSPS) is 11.7. The summed E-state index contributed by atoms with van der Waals surface area (Å²) in [5, 5.41) is 0.